The summed E-state index contributed by atoms with van der Waals surface area (Å²) in [7, 11) is 0.921. The number of hydrogen-bond donors (Lipinski definition) is 1. The molecule has 0 saturated heterocycles. The van der Waals surface area contributed by atoms with E-state index in [-0.39, 0.29) is 10.8 Å². The Hall–Kier alpha value is -1.44. The fourth-order valence-corrected chi connectivity index (χ4v) is 2.17. The number of rotatable bonds is 5. The molecule has 106 valence electrons. The third-order valence-electron chi connectivity index (χ3n) is 2.62. The summed E-state index contributed by atoms with van der Waals surface area (Å²) in [5.74, 6) is -0.286. The van der Waals surface area contributed by atoms with Gasteiger partial charge in [0.25, 0.3) is 5.91 Å². The number of methoxy groups -OCH3 is 1. The lowest BCUT2D eigenvalue weighted by Crippen LogP contribution is -2.26. The number of ether oxygens (including phenoxy) is 1. The fourth-order valence-electron chi connectivity index (χ4n) is 1.27. The SMILES string of the molecule is COC(C)C(=O)Nc1ccc(S(=O)(=O)N(C)C)cc1. The van der Waals surface area contributed by atoms with E-state index in [0.29, 0.717) is 5.69 Å². The standard InChI is InChI=1S/C12H18N2O4S/c1-9(18-4)12(15)13-10-5-7-11(8-6-10)19(16,17)14(2)3/h5-9H,1-4H3,(H,13,15). The van der Waals surface area contributed by atoms with E-state index in [4.69, 9.17) is 4.74 Å². The first-order chi connectivity index (χ1) is 8.78. The van der Waals surface area contributed by atoms with Gasteiger partial charge in [0.05, 0.1) is 4.90 Å². The minimum atomic E-state index is -3.45. The van der Waals surface area contributed by atoms with E-state index in [9.17, 15) is 13.2 Å². The molecule has 6 nitrogen and oxygen atoms in total. The maximum atomic E-state index is 11.8. The molecule has 1 aromatic carbocycles. The van der Waals surface area contributed by atoms with Crippen LogP contribution in [0.4, 0.5) is 5.69 Å². The van der Waals surface area contributed by atoms with Crippen LogP contribution >= 0.6 is 0 Å². The molecule has 0 aliphatic heterocycles. The van der Waals surface area contributed by atoms with Gasteiger partial charge >= 0.3 is 0 Å². The van der Waals surface area contributed by atoms with Crippen LogP contribution in [0.25, 0.3) is 0 Å². The van der Waals surface area contributed by atoms with Gasteiger partial charge in [0.1, 0.15) is 6.10 Å². The van der Waals surface area contributed by atoms with Gasteiger partial charge in [0, 0.05) is 26.9 Å². The molecule has 1 amide bonds. The van der Waals surface area contributed by atoms with Crippen molar-refractivity contribution in [2.45, 2.75) is 17.9 Å². The van der Waals surface area contributed by atoms with E-state index in [2.05, 4.69) is 5.32 Å². The third kappa shape index (κ3) is 3.76. The van der Waals surface area contributed by atoms with Gasteiger partial charge < -0.3 is 10.1 Å². The first-order valence-electron chi connectivity index (χ1n) is 5.65. The Bertz CT molecular complexity index is 537. The monoisotopic (exact) mass is 286 g/mol. The number of amides is 1. The van der Waals surface area contributed by atoms with Crippen molar-refractivity contribution < 1.29 is 17.9 Å². The van der Waals surface area contributed by atoms with Gasteiger partial charge in [0.15, 0.2) is 0 Å². The average Bonchev–Trinajstić information content (AvgIpc) is 2.38. The van der Waals surface area contributed by atoms with Gasteiger partial charge in [-0.1, -0.05) is 0 Å². The first-order valence-corrected chi connectivity index (χ1v) is 7.09. The highest BCUT2D eigenvalue weighted by molar-refractivity contribution is 7.89. The van der Waals surface area contributed by atoms with Crippen LogP contribution in [0.2, 0.25) is 0 Å². The molecular formula is C12H18N2O4S. The smallest absolute Gasteiger partial charge is 0.253 e. The molecular weight excluding hydrogens is 268 g/mol. The highest BCUT2D eigenvalue weighted by Crippen LogP contribution is 2.16. The van der Waals surface area contributed by atoms with Crippen LogP contribution in [-0.2, 0) is 19.6 Å². The maximum absolute atomic E-state index is 11.8. The van der Waals surface area contributed by atoms with Gasteiger partial charge in [-0.2, -0.15) is 0 Å². The molecule has 1 rings (SSSR count). The molecule has 19 heavy (non-hydrogen) atoms. The Kier molecular flexibility index (Phi) is 5.04. The quantitative estimate of drug-likeness (QED) is 0.873. The molecule has 1 unspecified atom stereocenters. The molecule has 1 atom stereocenters. The summed E-state index contributed by atoms with van der Waals surface area (Å²) in [5, 5.41) is 2.63. The van der Waals surface area contributed by atoms with Gasteiger partial charge in [-0.15, -0.1) is 0 Å². The van der Waals surface area contributed by atoms with Crippen molar-refractivity contribution in [2.75, 3.05) is 26.5 Å². The second-order valence-corrected chi connectivity index (χ2v) is 6.33. The van der Waals surface area contributed by atoms with E-state index in [1.165, 1.54) is 45.5 Å². The Morgan fingerprint density at radius 3 is 2.21 bits per heavy atom. The fraction of sp³-hybridized carbons (Fsp3) is 0.417. The van der Waals surface area contributed by atoms with Crippen LogP contribution in [-0.4, -0.2) is 45.9 Å². The molecule has 0 heterocycles. The Labute approximate surface area is 113 Å². The zero-order valence-corrected chi connectivity index (χ0v) is 12.2. The lowest BCUT2D eigenvalue weighted by Gasteiger charge is -2.13. The number of anilines is 1. The van der Waals surface area contributed by atoms with Crippen molar-refractivity contribution in [3.63, 3.8) is 0 Å². The van der Waals surface area contributed by atoms with Crippen LogP contribution < -0.4 is 5.32 Å². The normalized spacial score (nSPS) is 13.3. The predicted octanol–water partition coefficient (Wildman–Crippen LogP) is 0.910. The van der Waals surface area contributed by atoms with Crippen LogP contribution in [0.3, 0.4) is 0 Å². The molecule has 0 aliphatic rings. The Morgan fingerprint density at radius 2 is 1.79 bits per heavy atom. The highest BCUT2D eigenvalue weighted by Gasteiger charge is 2.17. The van der Waals surface area contributed by atoms with E-state index in [1.54, 1.807) is 6.92 Å². The molecule has 0 radical (unpaired) electrons. The topological polar surface area (TPSA) is 75.7 Å². The largest absolute Gasteiger partial charge is 0.372 e. The molecule has 1 N–H and O–H groups in total. The molecule has 0 fully saturated rings. The molecule has 0 aliphatic carbocycles. The van der Waals surface area contributed by atoms with Crippen molar-refractivity contribution in [1.29, 1.82) is 0 Å². The van der Waals surface area contributed by atoms with Gasteiger partial charge in [0.2, 0.25) is 10.0 Å². The summed E-state index contributed by atoms with van der Waals surface area (Å²) in [4.78, 5) is 11.7. The van der Waals surface area contributed by atoms with Gasteiger partial charge in [-0.25, -0.2) is 12.7 Å². The van der Waals surface area contributed by atoms with Crippen LogP contribution in [0.1, 0.15) is 6.92 Å². The van der Waals surface area contributed by atoms with Crippen molar-refractivity contribution in [1.82, 2.24) is 4.31 Å². The third-order valence-corrected chi connectivity index (χ3v) is 4.45. The average molecular weight is 286 g/mol. The summed E-state index contributed by atoms with van der Waals surface area (Å²) in [6.45, 7) is 1.63. The number of nitrogens with zero attached hydrogens (tertiary/aromatic N) is 1. The van der Waals surface area contributed by atoms with Crippen LogP contribution in [0.5, 0.6) is 0 Å². The molecule has 0 aromatic heterocycles. The van der Waals surface area contributed by atoms with E-state index in [1.807, 2.05) is 0 Å². The summed E-state index contributed by atoms with van der Waals surface area (Å²) >= 11 is 0. The lowest BCUT2D eigenvalue weighted by atomic mass is 10.3. The molecule has 0 saturated carbocycles. The number of hydrogen-bond acceptors (Lipinski definition) is 4. The Balaban J connectivity index is 2.86. The zero-order chi connectivity index (χ0) is 14.6. The predicted molar refractivity (Wildman–Crippen MR) is 72.4 cm³/mol. The van der Waals surface area contributed by atoms with E-state index >= 15 is 0 Å². The van der Waals surface area contributed by atoms with Crippen molar-refractivity contribution in [3.8, 4) is 0 Å². The molecule has 0 spiro atoms. The number of nitrogens with one attached hydrogen (secondary N) is 1. The minimum absolute atomic E-state index is 0.176. The molecule has 7 heteroatoms. The Morgan fingerprint density at radius 1 is 1.26 bits per heavy atom. The van der Waals surface area contributed by atoms with Gasteiger partial charge in [-0.05, 0) is 31.2 Å². The minimum Gasteiger partial charge on any atom is -0.372 e. The summed E-state index contributed by atoms with van der Waals surface area (Å²) in [5.41, 5.74) is 0.520. The molecule has 0 bridgehead atoms. The van der Waals surface area contributed by atoms with E-state index in [0.717, 1.165) is 4.31 Å². The highest BCUT2D eigenvalue weighted by atomic mass is 32.2. The first kappa shape index (κ1) is 15.6. The molecule has 1 aromatic rings. The van der Waals surface area contributed by atoms with Crippen molar-refractivity contribution in [2.24, 2.45) is 0 Å². The summed E-state index contributed by atoms with van der Waals surface area (Å²) in [6.07, 6.45) is -0.565. The van der Waals surface area contributed by atoms with E-state index < -0.39 is 16.1 Å². The summed E-state index contributed by atoms with van der Waals surface area (Å²) in [6, 6.07) is 5.97. The number of carbonyl (C=O) groups excluding carboxylic acids is 1. The number of carbonyl (C=O) groups is 1. The van der Waals surface area contributed by atoms with Crippen molar-refractivity contribution in [3.05, 3.63) is 24.3 Å². The summed E-state index contributed by atoms with van der Waals surface area (Å²) < 4.78 is 29.7. The second-order valence-electron chi connectivity index (χ2n) is 4.18. The number of benzene rings is 1. The van der Waals surface area contributed by atoms with Crippen LogP contribution in [0, 0.1) is 0 Å². The number of sulfonamides is 1. The maximum Gasteiger partial charge on any atom is 0.253 e. The second kappa shape index (κ2) is 6.14. The van der Waals surface area contributed by atoms with Crippen molar-refractivity contribution >= 4 is 21.6 Å². The zero-order valence-electron chi connectivity index (χ0n) is 11.4. The lowest BCUT2D eigenvalue weighted by molar-refractivity contribution is -0.124. The van der Waals surface area contributed by atoms with Gasteiger partial charge in [-0.3, -0.25) is 4.79 Å². The van der Waals surface area contributed by atoms with Crippen LogP contribution in [0.15, 0.2) is 29.2 Å².